The van der Waals surface area contributed by atoms with E-state index < -0.39 is 0 Å². The molecule has 2 aromatic carbocycles. The molecule has 0 saturated carbocycles. The van der Waals surface area contributed by atoms with Gasteiger partial charge in [-0.3, -0.25) is 0 Å². The van der Waals surface area contributed by atoms with Crippen molar-refractivity contribution in [3.63, 3.8) is 0 Å². The summed E-state index contributed by atoms with van der Waals surface area (Å²) in [6.07, 6.45) is 2.62. The van der Waals surface area contributed by atoms with Crippen molar-refractivity contribution >= 4 is 18.7 Å². The fourth-order valence-electron chi connectivity index (χ4n) is 2.61. The Morgan fingerprint density at radius 3 is 2.53 bits per heavy atom. The second kappa shape index (κ2) is 3.32. The summed E-state index contributed by atoms with van der Waals surface area (Å²) >= 11 is 0. The molecule has 0 nitrogen and oxygen atoms in total. The second-order valence-electron chi connectivity index (χ2n) is 4.55. The van der Waals surface area contributed by atoms with E-state index in [0.29, 0.717) is 0 Å². The number of hydrogen-bond donors (Lipinski definition) is 0. The van der Waals surface area contributed by atoms with Crippen molar-refractivity contribution < 1.29 is 0 Å². The summed E-state index contributed by atoms with van der Waals surface area (Å²) < 4.78 is 0. The first-order valence-corrected chi connectivity index (χ1v) is 7.60. The van der Waals surface area contributed by atoms with Crippen LogP contribution >= 0.6 is 7.92 Å². The van der Waals surface area contributed by atoms with E-state index in [9.17, 15) is 0 Å². The average molecular weight is 214 g/mol. The maximum Gasteiger partial charge on any atom is -0.00663 e. The predicted octanol–water partition coefficient (Wildman–Crippen LogP) is 4.27. The van der Waals surface area contributed by atoms with Crippen molar-refractivity contribution in [1.29, 1.82) is 0 Å². The van der Waals surface area contributed by atoms with Crippen LogP contribution < -0.4 is 0 Å². The van der Waals surface area contributed by atoms with Crippen LogP contribution in [0.25, 0.3) is 10.8 Å². The fraction of sp³-hybridized carbons (Fsp3) is 0.286. The molecule has 0 N–H and O–H groups in total. The first-order valence-electron chi connectivity index (χ1n) is 5.44. The van der Waals surface area contributed by atoms with Crippen molar-refractivity contribution in [2.45, 2.75) is 19.2 Å². The SMILES string of the molecule is Cc1ccc2c3c(cccc13)CP(C)C2. The molecule has 1 heterocycles. The number of rotatable bonds is 0. The Kier molecular flexibility index (Phi) is 2.07. The lowest BCUT2D eigenvalue weighted by Crippen LogP contribution is -1.99. The van der Waals surface area contributed by atoms with E-state index in [1.807, 2.05) is 0 Å². The van der Waals surface area contributed by atoms with Crippen molar-refractivity contribution in [3.8, 4) is 0 Å². The molecule has 0 aromatic heterocycles. The molecule has 0 amide bonds. The van der Waals surface area contributed by atoms with Crippen LogP contribution in [0.3, 0.4) is 0 Å². The van der Waals surface area contributed by atoms with Gasteiger partial charge in [-0.1, -0.05) is 30.3 Å². The van der Waals surface area contributed by atoms with Crippen LogP contribution in [0.4, 0.5) is 0 Å². The van der Waals surface area contributed by atoms with Gasteiger partial charge in [-0.25, -0.2) is 0 Å². The van der Waals surface area contributed by atoms with Gasteiger partial charge in [0.15, 0.2) is 0 Å². The third-order valence-corrected chi connectivity index (χ3v) is 5.07. The Morgan fingerprint density at radius 1 is 1.00 bits per heavy atom. The monoisotopic (exact) mass is 214 g/mol. The van der Waals surface area contributed by atoms with Gasteiger partial charge in [0.25, 0.3) is 0 Å². The molecule has 1 aliphatic rings. The first-order chi connectivity index (χ1) is 7.25. The minimum atomic E-state index is 0.186. The van der Waals surface area contributed by atoms with Gasteiger partial charge in [0.05, 0.1) is 0 Å². The summed E-state index contributed by atoms with van der Waals surface area (Å²) in [7, 11) is 0.186. The number of hydrogen-bond acceptors (Lipinski definition) is 0. The number of benzene rings is 2. The first kappa shape index (κ1) is 9.36. The molecule has 3 rings (SSSR count). The zero-order chi connectivity index (χ0) is 10.4. The zero-order valence-corrected chi connectivity index (χ0v) is 10.1. The minimum Gasteiger partial charge on any atom is -0.101 e. The summed E-state index contributed by atoms with van der Waals surface area (Å²) in [4.78, 5) is 0. The molecule has 1 aliphatic heterocycles. The lowest BCUT2D eigenvalue weighted by Gasteiger charge is -2.23. The molecule has 0 saturated heterocycles. The molecular formula is C14H15P. The third kappa shape index (κ3) is 1.40. The Balaban J connectivity index is 2.42. The van der Waals surface area contributed by atoms with E-state index in [0.717, 1.165) is 0 Å². The lowest BCUT2D eigenvalue weighted by atomic mass is 9.97. The molecule has 1 unspecified atom stereocenters. The second-order valence-corrected chi connectivity index (χ2v) is 6.90. The zero-order valence-electron chi connectivity index (χ0n) is 9.25. The van der Waals surface area contributed by atoms with Gasteiger partial charge in [-0.2, -0.15) is 0 Å². The van der Waals surface area contributed by atoms with E-state index in [1.165, 1.54) is 23.3 Å². The highest BCUT2D eigenvalue weighted by Crippen LogP contribution is 2.47. The molecule has 2 aromatic rings. The Hall–Kier alpha value is -0.870. The van der Waals surface area contributed by atoms with Crippen LogP contribution in [0.2, 0.25) is 0 Å². The standard InChI is InChI=1S/C14H15P/c1-10-6-7-12-9-15(2)8-11-4-3-5-13(10)14(11)12/h3-7H,8-9H2,1-2H3. The smallest absolute Gasteiger partial charge is 0.00663 e. The molecule has 76 valence electrons. The molecule has 0 bridgehead atoms. The van der Waals surface area contributed by atoms with Gasteiger partial charge in [0.2, 0.25) is 0 Å². The third-order valence-electron chi connectivity index (χ3n) is 3.31. The van der Waals surface area contributed by atoms with Crippen LogP contribution in [0.5, 0.6) is 0 Å². The molecule has 0 aliphatic carbocycles. The average Bonchev–Trinajstić information content (AvgIpc) is 2.23. The van der Waals surface area contributed by atoms with E-state index in [2.05, 4.69) is 43.9 Å². The highest BCUT2D eigenvalue weighted by Gasteiger charge is 2.17. The minimum absolute atomic E-state index is 0.186. The molecular weight excluding hydrogens is 199 g/mol. The fourth-order valence-corrected chi connectivity index (χ4v) is 4.41. The van der Waals surface area contributed by atoms with Crippen LogP contribution in [-0.4, -0.2) is 6.66 Å². The van der Waals surface area contributed by atoms with Gasteiger partial charge >= 0.3 is 0 Å². The van der Waals surface area contributed by atoms with Crippen LogP contribution in [0.15, 0.2) is 30.3 Å². The summed E-state index contributed by atoms with van der Waals surface area (Å²) in [5, 5.41) is 3.02. The largest absolute Gasteiger partial charge is 0.101 e. The molecule has 15 heavy (non-hydrogen) atoms. The van der Waals surface area contributed by atoms with Crippen LogP contribution in [0, 0.1) is 6.92 Å². The van der Waals surface area contributed by atoms with Gasteiger partial charge in [-0.15, -0.1) is 7.92 Å². The van der Waals surface area contributed by atoms with E-state index >= 15 is 0 Å². The summed E-state index contributed by atoms with van der Waals surface area (Å²) in [5.41, 5.74) is 4.56. The summed E-state index contributed by atoms with van der Waals surface area (Å²) in [6.45, 7) is 4.63. The Morgan fingerprint density at radius 2 is 1.73 bits per heavy atom. The summed E-state index contributed by atoms with van der Waals surface area (Å²) in [6, 6.07) is 11.4. The van der Waals surface area contributed by atoms with Crippen molar-refractivity contribution in [3.05, 3.63) is 47.0 Å². The van der Waals surface area contributed by atoms with Gasteiger partial charge in [0.1, 0.15) is 0 Å². The van der Waals surface area contributed by atoms with Crippen molar-refractivity contribution in [2.75, 3.05) is 6.66 Å². The predicted molar refractivity (Wildman–Crippen MR) is 68.9 cm³/mol. The maximum absolute atomic E-state index is 2.41. The van der Waals surface area contributed by atoms with E-state index in [1.54, 1.807) is 16.5 Å². The van der Waals surface area contributed by atoms with Crippen molar-refractivity contribution in [2.24, 2.45) is 0 Å². The molecule has 0 fully saturated rings. The molecule has 0 radical (unpaired) electrons. The summed E-state index contributed by atoms with van der Waals surface area (Å²) in [5.74, 6) is 0. The van der Waals surface area contributed by atoms with E-state index in [4.69, 9.17) is 0 Å². The molecule has 0 spiro atoms. The van der Waals surface area contributed by atoms with Crippen LogP contribution in [0.1, 0.15) is 16.7 Å². The van der Waals surface area contributed by atoms with E-state index in [-0.39, 0.29) is 7.92 Å². The molecule has 1 heteroatoms. The number of aryl methyl sites for hydroxylation is 1. The van der Waals surface area contributed by atoms with Gasteiger partial charge in [-0.05, 0) is 53.4 Å². The topological polar surface area (TPSA) is 0 Å². The van der Waals surface area contributed by atoms with Gasteiger partial charge in [0, 0.05) is 0 Å². The highest BCUT2D eigenvalue weighted by molar-refractivity contribution is 7.55. The highest BCUT2D eigenvalue weighted by atomic mass is 31.1. The Bertz CT molecular complexity index is 516. The van der Waals surface area contributed by atoms with Crippen LogP contribution in [-0.2, 0) is 12.3 Å². The quantitative estimate of drug-likeness (QED) is 0.574. The van der Waals surface area contributed by atoms with Crippen molar-refractivity contribution in [1.82, 2.24) is 0 Å². The lowest BCUT2D eigenvalue weighted by molar-refractivity contribution is 1.29. The normalized spacial score (nSPS) is 19.5. The van der Waals surface area contributed by atoms with Gasteiger partial charge < -0.3 is 0 Å². The maximum atomic E-state index is 2.41. The Labute approximate surface area is 92.1 Å². The molecule has 1 atom stereocenters.